The lowest BCUT2D eigenvalue weighted by Crippen LogP contribution is -1.99. The molecule has 0 fully saturated rings. The van der Waals surface area contributed by atoms with E-state index in [1.54, 1.807) is 6.20 Å². The van der Waals surface area contributed by atoms with Gasteiger partial charge >= 0.3 is 0 Å². The molecule has 2 heteroatoms. The van der Waals surface area contributed by atoms with E-state index in [-0.39, 0.29) is 0 Å². The summed E-state index contributed by atoms with van der Waals surface area (Å²) in [6.45, 7) is 4.26. The molecule has 0 atom stereocenters. The Labute approximate surface area is 55.5 Å². The van der Waals surface area contributed by atoms with Crippen LogP contribution in [0.5, 0.6) is 0 Å². The summed E-state index contributed by atoms with van der Waals surface area (Å²) in [4.78, 5) is 0. The van der Waals surface area contributed by atoms with Gasteiger partial charge in [0.2, 0.25) is 0 Å². The topological polar surface area (TPSA) is 17.8 Å². The largest absolute Gasteiger partial charge is 0.272 e. The summed E-state index contributed by atoms with van der Waals surface area (Å²) >= 11 is 0. The molecule has 0 aliphatic rings. The van der Waals surface area contributed by atoms with Crippen LogP contribution in [0.3, 0.4) is 0 Å². The molecule has 0 saturated carbocycles. The Morgan fingerprint density at radius 1 is 1.67 bits per heavy atom. The Morgan fingerprint density at radius 2 is 2.33 bits per heavy atom. The van der Waals surface area contributed by atoms with E-state index in [0.29, 0.717) is 5.92 Å². The predicted octanol–water partition coefficient (Wildman–Crippen LogP) is 1.34. The number of nitrogens with zero attached hydrogens (tertiary/aromatic N) is 2. The Morgan fingerprint density at radius 3 is 2.56 bits per heavy atom. The first-order valence-electron chi connectivity index (χ1n) is 3.11. The summed E-state index contributed by atoms with van der Waals surface area (Å²) in [5, 5.41) is 4.00. The fourth-order valence-electron chi connectivity index (χ4n) is 0.878. The highest BCUT2D eigenvalue weighted by molar-refractivity contribution is 5.02. The summed E-state index contributed by atoms with van der Waals surface area (Å²) in [6, 6.07) is 3.06. The quantitative estimate of drug-likeness (QED) is 0.551. The molecule has 0 bridgehead atoms. The van der Waals surface area contributed by atoms with Crippen molar-refractivity contribution in [2.45, 2.75) is 19.8 Å². The van der Waals surface area contributed by atoms with Crippen molar-refractivity contribution < 1.29 is 0 Å². The molecule has 0 aliphatic carbocycles. The molecular formula is C7H11N2. The standard InChI is InChI=1S/C7H11N2/c1-6(2)7-4-5-8-9(7)3/h5-6H,1-3H3. The van der Waals surface area contributed by atoms with Gasteiger partial charge in [0.15, 0.2) is 0 Å². The lowest BCUT2D eigenvalue weighted by Gasteiger charge is -2.02. The number of hydrogen-bond donors (Lipinski definition) is 0. The third-order valence-corrected chi connectivity index (χ3v) is 1.34. The SMILES string of the molecule is CC(C)c1[c]cnn1C. The van der Waals surface area contributed by atoms with E-state index < -0.39 is 0 Å². The van der Waals surface area contributed by atoms with Gasteiger partial charge in [-0.1, -0.05) is 13.8 Å². The minimum atomic E-state index is 0.525. The second kappa shape index (κ2) is 2.21. The van der Waals surface area contributed by atoms with Crippen molar-refractivity contribution in [3.05, 3.63) is 18.0 Å². The van der Waals surface area contributed by atoms with Crippen molar-refractivity contribution >= 4 is 0 Å². The Kier molecular flexibility index (Phi) is 1.56. The summed E-state index contributed by atoms with van der Waals surface area (Å²) in [5.41, 5.74) is 1.16. The maximum absolute atomic E-state index is 4.00. The lowest BCUT2D eigenvalue weighted by atomic mass is 10.1. The molecule has 0 N–H and O–H groups in total. The maximum atomic E-state index is 4.00. The van der Waals surface area contributed by atoms with Gasteiger partial charge in [0.1, 0.15) is 0 Å². The molecule has 1 radical (unpaired) electrons. The van der Waals surface area contributed by atoms with Crippen LogP contribution < -0.4 is 0 Å². The third kappa shape index (κ3) is 1.12. The van der Waals surface area contributed by atoms with Gasteiger partial charge in [0.25, 0.3) is 0 Å². The fourth-order valence-corrected chi connectivity index (χ4v) is 0.878. The second-order valence-electron chi connectivity index (χ2n) is 2.45. The van der Waals surface area contributed by atoms with Crippen molar-refractivity contribution in [1.29, 1.82) is 0 Å². The third-order valence-electron chi connectivity index (χ3n) is 1.34. The summed E-state index contributed by atoms with van der Waals surface area (Å²) in [5.74, 6) is 0.525. The van der Waals surface area contributed by atoms with Gasteiger partial charge in [0.05, 0.1) is 6.20 Å². The van der Waals surface area contributed by atoms with Crippen LogP contribution in [0.1, 0.15) is 25.5 Å². The van der Waals surface area contributed by atoms with Crippen LogP contribution >= 0.6 is 0 Å². The molecule has 1 heterocycles. The average Bonchev–Trinajstić information content (AvgIpc) is 2.13. The van der Waals surface area contributed by atoms with Crippen molar-refractivity contribution in [1.82, 2.24) is 9.78 Å². The van der Waals surface area contributed by atoms with Crippen LogP contribution in [0.2, 0.25) is 0 Å². The normalized spacial score (nSPS) is 10.7. The predicted molar refractivity (Wildman–Crippen MR) is 36.1 cm³/mol. The highest BCUT2D eigenvalue weighted by Gasteiger charge is 2.01. The van der Waals surface area contributed by atoms with Crippen LogP contribution in [0.4, 0.5) is 0 Å². The van der Waals surface area contributed by atoms with E-state index in [4.69, 9.17) is 0 Å². The van der Waals surface area contributed by atoms with Crippen LogP contribution in [-0.4, -0.2) is 9.78 Å². The molecule has 0 aromatic carbocycles. The van der Waals surface area contributed by atoms with E-state index in [9.17, 15) is 0 Å². The highest BCUT2D eigenvalue weighted by Crippen LogP contribution is 2.09. The monoisotopic (exact) mass is 123 g/mol. The molecule has 9 heavy (non-hydrogen) atoms. The van der Waals surface area contributed by atoms with E-state index >= 15 is 0 Å². The number of aryl methyl sites for hydroxylation is 1. The molecule has 1 aromatic rings. The summed E-state index contributed by atoms with van der Waals surface area (Å²) < 4.78 is 1.85. The van der Waals surface area contributed by atoms with E-state index in [1.165, 1.54) is 0 Å². The minimum Gasteiger partial charge on any atom is -0.272 e. The van der Waals surface area contributed by atoms with Gasteiger partial charge in [-0.05, 0) is 5.92 Å². The fraction of sp³-hybridized carbons (Fsp3) is 0.571. The molecule has 0 unspecified atom stereocenters. The first-order chi connectivity index (χ1) is 4.22. The molecule has 1 aromatic heterocycles. The number of rotatable bonds is 1. The molecule has 0 amide bonds. The molecule has 2 nitrogen and oxygen atoms in total. The first kappa shape index (κ1) is 6.33. The molecule has 0 aliphatic heterocycles. The molecular weight excluding hydrogens is 112 g/mol. The van der Waals surface area contributed by atoms with Gasteiger partial charge in [-0.2, -0.15) is 5.10 Å². The van der Waals surface area contributed by atoms with Crippen molar-refractivity contribution in [3.8, 4) is 0 Å². The van der Waals surface area contributed by atoms with Gasteiger partial charge in [-0.25, -0.2) is 0 Å². The Balaban J connectivity index is 2.94. The zero-order chi connectivity index (χ0) is 6.85. The minimum absolute atomic E-state index is 0.525. The Hall–Kier alpha value is -0.790. The van der Waals surface area contributed by atoms with Gasteiger partial charge in [0, 0.05) is 18.8 Å². The summed E-state index contributed by atoms with van der Waals surface area (Å²) in [7, 11) is 1.94. The highest BCUT2D eigenvalue weighted by atomic mass is 15.3. The first-order valence-corrected chi connectivity index (χ1v) is 3.11. The van der Waals surface area contributed by atoms with Crippen LogP contribution in [0, 0.1) is 6.07 Å². The van der Waals surface area contributed by atoms with Crippen molar-refractivity contribution in [2.24, 2.45) is 7.05 Å². The van der Waals surface area contributed by atoms with E-state index in [0.717, 1.165) is 5.69 Å². The smallest absolute Gasteiger partial charge is 0.0572 e. The zero-order valence-electron chi connectivity index (χ0n) is 6.05. The second-order valence-corrected chi connectivity index (χ2v) is 2.45. The van der Waals surface area contributed by atoms with Crippen molar-refractivity contribution in [3.63, 3.8) is 0 Å². The van der Waals surface area contributed by atoms with Gasteiger partial charge in [-0.3, -0.25) is 4.68 Å². The van der Waals surface area contributed by atoms with Crippen molar-refractivity contribution in [2.75, 3.05) is 0 Å². The summed E-state index contributed by atoms with van der Waals surface area (Å²) in [6.07, 6.45) is 1.70. The maximum Gasteiger partial charge on any atom is 0.0572 e. The van der Waals surface area contributed by atoms with Crippen LogP contribution in [0.25, 0.3) is 0 Å². The molecule has 49 valence electrons. The van der Waals surface area contributed by atoms with Crippen LogP contribution in [-0.2, 0) is 7.05 Å². The van der Waals surface area contributed by atoms with E-state index in [1.807, 2.05) is 11.7 Å². The number of aromatic nitrogens is 2. The number of hydrogen-bond acceptors (Lipinski definition) is 1. The molecule has 1 rings (SSSR count). The van der Waals surface area contributed by atoms with Crippen LogP contribution in [0.15, 0.2) is 6.20 Å². The lowest BCUT2D eigenvalue weighted by molar-refractivity contribution is 0.669. The average molecular weight is 123 g/mol. The molecule has 0 spiro atoms. The molecule has 0 saturated heterocycles. The zero-order valence-corrected chi connectivity index (χ0v) is 6.05. The Bertz CT molecular complexity index is 189. The van der Waals surface area contributed by atoms with Gasteiger partial charge in [-0.15, -0.1) is 0 Å². The van der Waals surface area contributed by atoms with E-state index in [2.05, 4.69) is 25.0 Å². The van der Waals surface area contributed by atoms with Gasteiger partial charge < -0.3 is 0 Å².